The number of aliphatic hydroxyl groups excluding tert-OH is 1. The number of carbonyl (C=O) groups excluding carboxylic acids is 5. The number of hydrogen-bond donors (Lipinski definition) is 7. The van der Waals surface area contributed by atoms with Crippen LogP contribution in [0.5, 0.6) is 5.75 Å². The number of amides is 5. The summed E-state index contributed by atoms with van der Waals surface area (Å²) in [7, 11) is 1.39. The van der Waals surface area contributed by atoms with Gasteiger partial charge in [-0.05, 0) is 67.2 Å². The van der Waals surface area contributed by atoms with Crippen molar-refractivity contribution in [3.05, 3.63) is 65.5 Å². The van der Waals surface area contributed by atoms with Crippen molar-refractivity contribution in [1.82, 2.24) is 20.9 Å². The number of hydrogen-bond acceptors (Lipinski definition) is 9. The van der Waals surface area contributed by atoms with Crippen molar-refractivity contribution >= 4 is 41.3 Å². The molecule has 0 unspecified atom stereocenters. The Morgan fingerprint density at radius 2 is 1.53 bits per heavy atom. The number of rotatable bonds is 17. The first kappa shape index (κ1) is 37.0. The van der Waals surface area contributed by atoms with Crippen LogP contribution < -0.4 is 27.4 Å². The number of nitrogens with one attached hydrogen (secondary N) is 3. The van der Waals surface area contributed by atoms with E-state index in [-0.39, 0.29) is 25.0 Å². The minimum absolute atomic E-state index is 0.0471. The van der Waals surface area contributed by atoms with E-state index in [0.29, 0.717) is 16.9 Å². The van der Waals surface area contributed by atoms with Gasteiger partial charge in [-0.3, -0.25) is 24.0 Å². The minimum Gasteiger partial charge on any atom is -0.508 e. The van der Waals surface area contributed by atoms with Crippen molar-refractivity contribution < 1.29 is 38.6 Å². The van der Waals surface area contributed by atoms with Crippen molar-refractivity contribution in [2.24, 2.45) is 11.5 Å². The fraction of sp³-hybridized carbons (Fsp3) is 0.433. The topological polar surface area (TPSA) is 217 Å². The summed E-state index contributed by atoms with van der Waals surface area (Å²) in [4.78, 5) is 65.1. The van der Waals surface area contributed by atoms with E-state index in [1.165, 1.54) is 62.1 Å². The Balaban J connectivity index is 2.09. The molecule has 0 aliphatic rings. The molecule has 5 amide bonds. The number of aliphatic hydroxyl groups is 1. The predicted molar refractivity (Wildman–Crippen MR) is 167 cm³/mol. The van der Waals surface area contributed by atoms with Gasteiger partial charge in [0.05, 0.1) is 18.7 Å². The fourth-order valence-corrected chi connectivity index (χ4v) is 4.84. The van der Waals surface area contributed by atoms with Crippen LogP contribution in [-0.4, -0.2) is 101 Å². The van der Waals surface area contributed by atoms with Gasteiger partial charge in [0, 0.05) is 13.5 Å². The number of benzene rings is 2. The molecule has 0 saturated carbocycles. The SMILES string of the molecule is CSCC[C@@H](C(N)=O)N(C)C(=O)[C@H](Cc1ccc(F)cc1)NC(=O)CNC(=O)[C@H](NC(=O)[C@@H](N)Cc1ccc(O)cc1)[C@H](C)O. The van der Waals surface area contributed by atoms with Gasteiger partial charge >= 0.3 is 0 Å². The number of carbonyl (C=O) groups is 5. The molecule has 5 atom stereocenters. The van der Waals surface area contributed by atoms with E-state index in [0.717, 1.165) is 4.90 Å². The molecule has 2 aromatic carbocycles. The molecule has 45 heavy (non-hydrogen) atoms. The van der Waals surface area contributed by atoms with Crippen LogP contribution in [0.15, 0.2) is 48.5 Å². The molecule has 0 saturated heterocycles. The van der Waals surface area contributed by atoms with E-state index in [1.54, 1.807) is 12.1 Å². The first-order chi connectivity index (χ1) is 21.2. The second-order valence-electron chi connectivity index (χ2n) is 10.5. The Hall–Kier alpha value is -4.21. The Bertz CT molecular complexity index is 1310. The zero-order chi connectivity index (χ0) is 33.7. The van der Waals surface area contributed by atoms with Gasteiger partial charge < -0.3 is 42.5 Å². The summed E-state index contributed by atoms with van der Waals surface area (Å²) in [5.41, 5.74) is 12.7. The Morgan fingerprint density at radius 1 is 0.956 bits per heavy atom. The third-order valence-corrected chi connectivity index (χ3v) is 7.58. The van der Waals surface area contributed by atoms with Gasteiger partial charge in [0.25, 0.3) is 0 Å². The van der Waals surface area contributed by atoms with Crippen LogP contribution in [0.1, 0.15) is 24.5 Å². The molecule has 0 aliphatic carbocycles. The monoisotopic (exact) mass is 648 g/mol. The first-order valence-corrected chi connectivity index (χ1v) is 15.5. The van der Waals surface area contributed by atoms with Crippen LogP contribution >= 0.6 is 11.8 Å². The third-order valence-electron chi connectivity index (χ3n) is 6.94. The second kappa shape index (κ2) is 17.9. The van der Waals surface area contributed by atoms with Crippen molar-refractivity contribution in [2.45, 2.75) is 56.5 Å². The van der Waals surface area contributed by atoms with E-state index < -0.39 is 72.2 Å². The van der Waals surface area contributed by atoms with E-state index in [1.807, 2.05) is 6.26 Å². The zero-order valence-electron chi connectivity index (χ0n) is 25.4. The van der Waals surface area contributed by atoms with Crippen LogP contribution in [-0.2, 0) is 36.8 Å². The van der Waals surface area contributed by atoms with Gasteiger partial charge in [-0.2, -0.15) is 11.8 Å². The van der Waals surface area contributed by atoms with Crippen LogP contribution in [0.2, 0.25) is 0 Å². The highest BCUT2D eigenvalue weighted by Gasteiger charge is 2.32. The molecule has 0 bridgehead atoms. The number of nitrogens with zero attached hydrogens (tertiary/aromatic N) is 1. The van der Waals surface area contributed by atoms with Crippen molar-refractivity contribution in [1.29, 1.82) is 0 Å². The number of thioether (sulfide) groups is 1. The average molecular weight is 649 g/mol. The number of likely N-dealkylation sites (N-methyl/N-ethyl adjacent to an activating group) is 1. The summed E-state index contributed by atoms with van der Waals surface area (Å²) in [6.45, 7) is 0.648. The highest BCUT2D eigenvalue weighted by Crippen LogP contribution is 2.13. The van der Waals surface area contributed by atoms with E-state index in [2.05, 4.69) is 16.0 Å². The largest absolute Gasteiger partial charge is 0.508 e. The fourth-order valence-electron chi connectivity index (χ4n) is 4.38. The first-order valence-electron chi connectivity index (χ1n) is 14.1. The number of phenolic OH excluding ortho intramolecular Hbond substituents is 1. The summed E-state index contributed by atoms with van der Waals surface area (Å²) in [6.07, 6.45) is 0.811. The molecule has 0 fully saturated rings. The zero-order valence-corrected chi connectivity index (χ0v) is 26.2. The van der Waals surface area contributed by atoms with Gasteiger partial charge in [-0.25, -0.2) is 4.39 Å². The third kappa shape index (κ3) is 12.0. The van der Waals surface area contributed by atoms with Gasteiger partial charge in [-0.15, -0.1) is 0 Å². The normalized spacial score (nSPS) is 14.3. The van der Waals surface area contributed by atoms with E-state index >= 15 is 0 Å². The second-order valence-corrected chi connectivity index (χ2v) is 11.5. The summed E-state index contributed by atoms with van der Waals surface area (Å²) in [5.74, 6) is -3.62. The molecule has 0 spiro atoms. The standard InChI is InChI=1S/C30H41FN6O7S/c1-17(38)26(36-28(42)22(32)14-18-6-10-21(39)11-7-18)29(43)34-16-25(40)35-23(15-19-4-8-20(31)9-5-19)30(44)37(2)24(27(33)41)12-13-45-3/h4-11,17,22-24,26,38-39H,12-16,32H2,1-3H3,(H2,33,41)(H,34,43)(H,35,40)(H,36,42)/t17-,22-,23-,24-,26+/m0/s1. The molecule has 0 aliphatic heterocycles. The van der Waals surface area contributed by atoms with E-state index in [9.17, 15) is 38.6 Å². The number of primary amides is 1. The lowest BCUT2D eigenvalue weighted by molar-refractivity contribution is -0.141. The number of aromatic hydroxyl groups is 1. The molecule has 246 valence electrons. The summed E-state index contributed by atoms with van der Waals surface area (Å²) < 4.78 is 13.5. The predicted octanol–water partition coefficient (Wildman–Crippen LogP) is -0.824. The number of halogens is 1. The van der Waals surface area contributed by atoms with Gasteiger partial charge in [0.2, 0.25) is 29.5 Å². The lowest BCUT2D eigenvalue weighted by Gasteiger charge is -2.30. The maximum atomic E-state index is 13.5. The molecule has 2 rings (SSSR count). The van der Waals surface area contributed by atoms with E-state index in [4.69, 9.17) is 11.5 Å². The van der Waals surface area contributed by atoms with Gasteiger partial charge in [0.1, 0.15) is 29.7 Å². The highest BCUT2D eigenvalue weighted by atomic mass is 32.2. The maximum Gasteiger partial charge on any atom is 0.245 e. The van der Waals surface area contributed by atoms with Crippen molar-refractivity contribution in [3.63, 3.8) is 0 Å². The summed E-state index contributed by atoms with van der Waals surface area (Å²) >= 11 is 1.47. The van der Waals surface area contributed by atoms with Crippen LogP contribution in [0, 0.1) is 5.82 Å². The van der Waals surface area contributed by atoms with Gasteiger partial charge in [-0.1, -0.05) is 24.3 Å². The van der Waals surface area contributed by atoms with Crippen molar-refractivity contribution in [2.75, 3.05) is 25.6 Å². The molecule has 15 heteroatoms. The molecule has 2 aromatic rings. The number of phenols is 1. The maximum absolute atomic E-state index is 13.5. The summed E-state index contributed by atoms with van der Waals surface area (Å²) in [5, 5.41) is 26.8. The lowest BCUT2D eigenvalue weighted by Crippen LogP contribution is -2.58. The molecular formula is C30H41FN6O7S. The van der Waals surface area contributed by atoms with Crippen LogP contribution in [0.4, 0.5) is 4.39 Å². The Labute approximate surface area is 265 Å². The number of nitrogens with two attached hydrogens (primary N) is 2. The Kier molecular flexibility index (Phi) is 14.7. The molecule has 13 nitrogen and oxygen atoms in total. The van der Waals surface area contributed by atoms with Gasteiger partial charge in [0.15, 0.2) is 0 Å². The molecule has 0 radical (unpaired) electrons. The summed E-state index contributed by atoms with van der Waals surface area (Å²) in [6, 6.07) is 6.68. The molecule has 0 heterocycles. The van der Waals surface area contributed by atoms with Crippen LogP contribution in [0.3, 0.4) is 0 Å². The minimum atomic E-state index is -1.45. The Morgan fingerprint density at radius 3 is 2.09 bits per heavy atom. The average Bonchev–Trinajstić information content (AvgIpc) is 2.99. The highest BCUT2D eigenvalue weighted by molar-refractivity contribution is 7.98. The molecule has 9 N–H and O–H groups in total. The van der Waals surface area contributed by atoms with Crippen LogP contribution in [0.25, 0.3) is 0 Å². The molecule has 0 aromatic heterocycles. The molecular weight excluding hydrogens is 607 g/mol. The smallest absolute Gasteiger partial charge is 0.245 e. The lowest BCUT2D eigenvalue weighted by atomic mass is 10.0. The quantitative estimate of drug-likeness (QED) is 0.114. The van der Waals surface area contributed by atoms with Crippen molar-refractivity contribution in [3.8, 4) is 5.75 Å².